The van der Waals surface area contributed by atoms with Crippen LogP contribution < -0.4 is 5.73 Å². The second-order valence-corrected chi connectivity index (χ2v) is 3.52. The Labute approximate surface area is 70.5 Å². The minimum atomic E-state index is -0.333. The highest BCUT2D eigenvalue weighted by molar-refractivity contribution is 8.03. The second-order valence-electron chi connectivity index (χ2n) is 2.38. The van der Waals surface area contributed by atoms with Gasteiger partial charge in [0.1, 0.15) is 6.29 Å². The van der Waals surface area contributed by atoms with Crippen molar-refractivity contribution >= 4 is 18.0 Å². The van der Waals surface area contributed by atoms with Crippen LogP contribution >= 0.6 is 11.8 Å². The Bertz CT molecular complexity index is 198. The number of hydrogen-bond acceptors (Lipinski definition) is 3. The summed E-state index contributed by atoms with van der Waals surface area (Å²) in [6.45, 7) is 0. The summed E-state index contributed by atoms with van der Waals surface area (Å²) in [4.78, 5) is 11.4. The van der Waals surface area contributed by atoms with Gasteiger partial charge in [0.25, 0.3) is 0 Å². The van der Waals surface area contributed by atoms with Gasteiger partial charge in [0.05, 0.1) is 6.04 Å². The van der Waals surface area contributed by atoms with Gasteiger partial charge in [-0.1, -0.05) is 18.2 Å². The molecule has 0 saturated carbocycles. The van der Waals surface area contributed by atoms with E-state index in [1.165, 1.54) is 4.91 Å². The second kappa shape index (κ2) is 4.36. The third-order valence-corrected chi connectivity index (χ3v) is 2.43. The zero-order chi connectivity index (χ0) is 8.10. The van der Waals surface area contributed by atoms with Crippen LogP contribution in [0.25, 0.3) is 0 Å². The zero-order valence-corrected chi connectivity index (χ0v) is 7.01. The number of carbonyl (C=O) groups is 1. The van der Waals surface area contributed by atoms with Gasteiger partial charge in [0, 0.05) is 12.2 Å². The molecule has 2 N–H and O–H groups in total. The SMILES string of the molecule is NC(C=O)CC1=CC=CCS1. The molecule has 0 aliphatic carbocycles. The molecule has 1 atom stereocenters. The Balaban J connectivity index is 2.41. The molecule has 2 nitrogen and oxygen atoms in total. The predicted molar refractivity (Wildman–Crippen MR) is 48.3 cm³/mol. The van der Waals surface area contributed by atoms with Crippen molar-refractivity contribution < 1.29 is 4.79 Å². The molecule has 1 rings (SSSR count). The normalized spacial score (nSPS) is 19.2. The van der Waals surface area contributed by atoms with E-state index in [4.69, 9.17) is 5.73 Å². The summed E-state index contributed by atoms with van der Waals surface area (Å²) in [6, 6.07) is -0.333. The molecule has 0 aromatic carbocycles. The van der Waals surface area contributed by atoms with E-state index >= 15 is 0 Å². The fourth-order valence-corrected chi connectivity index (χ4v) is 1.75. The average molecular weight is 169 g/mol. The number of thioether (sulfide) groups is 1. The monoisotopic (exact) mass is 169 g/mol. The Hall–Kier alpha value is -0.540. The molecule has 0 bridgehead atoms. The largest absolute Gasteiger partial charge is 0.321 e. The summed E-state index contributed by atoms with van der Waals surface area (Å²) < 4.78 is 0. The van der Waals surface area contributed by atoms with Gasteiger partial charge in [-0.25, -0.2) is 0 Å². The number of nitrogens with two attached hydrogens (primary N) is 1. The first-order valence-electron chi connectivity index (χ1n) is 3.52. The number of carbonyl (C=O) groups excluding carboxylic acids is 1. The maximum Gasteiger partial charge on any atom is 0.137 e. The van der Waals surface area contributed by atoms with Crippen molar-refractivity contribution in [2.24, 2.45) is 5.73 Å². The third-order valence-electron chi connectivity index (χ3n) is 1.39. The molecule has 0 fully saturated rings. The molecule has 1 aliphatic rings. The van der Waals surface area contributed by atoms with E-state index in [2.05, 4.69) is 6.08 Å². The zero-order valence-electron chi connectivity index (χ0n) is 6.19. The molecule has 0 aromatic rings. The number of aldehydes is 1. The highest BCUT2D eigenvalue weighted by atomic mass is 32.2. The smallest absolute Gasteiger partial charge is 0.137 e. The first kappa shape index (κ1) is 8.56. The lowest BCUT2D eigenvalue weighted by Gasteiger charge is -2.09. The molecule has 1 unspecified atom stereocenters. The molecule has 3 heteroatoms. The van der Waals surface area contributed by atoms with Crippen LogP contribution in [0.4, 0.5) is 0 Å². The standard InChI is InChI=1S/C8H11NOS/c9-7(6-10)5-8-3-1-2-4-11-8/h1-3,6-7H,4-5,9H2. The summed E-state index contributed by atoms with van der Waals surface area (Å²) in [6.07, 6.45) is 7.57. The van der Waals surface area contributed by atoms with Crippen molar-refractivity contribution in [3.63, 3.8) is 0 Å². The molecule has 0 amide bonds. The predicted octanol–water partition coefficient (Wildman–Crippen LogP) is 1.09. The quantitative estimate of drug-likeness (QED) is 0.643. The van der Waals surface area contributed by atoms with E-state index in [1.807, 2.05) is 12.2 Å². The molecule has 0 radical (unpaired) electrons. The van der Waals surface area contributed by atoms with Crippen LogP contribution in [0, 0.1) is 0 Å². The van der Waals surface area contributed by atoms with E-state index in [0.717, 1.165) is 12.0 Å². The van der Waals surface area contributed by atoms with Crippen molar-refractivity contribution in [3.8, 4) is 0 Å². The number of hydrogen-bond donors (Lipinski definition) is 1. The minimum absolute atomic E-state index is 0.333. The van der Waals surface area contributed by atoms with Crippen LogP contribution in [0.3, 0.4) is 0 Å². The Morgan fingerprint density at radius 3 is 3.18 bits per heavy atom. The molecule has 0 spiro atoms. The van der Waals surface area contributed by atoms with Gasteiger partial charge >= 0.3 is 0 Å². The fraction of sp³-hybridized carbons (Fsp3) is 0.375. The van der Waals surface area contributed by atoms with Crippen LogP contribution in [-0.4, -0.2) is 18.1 Å². The van der Waals surface area contributed by atoms with Gasteiger partial charge in [-0.3, -0.25) is 0 Å². The highest BCUT2D eigenvalue weighted by Gasteiger charge is 2.05. The molecule has 0 saturated heterocycles. The van der Waals surface area contributed by atoms with E-state index in [0.29, 0.717) is 6.42 Å². The van der Waals surface area contributed by atoms with E-state index in [1.54, 1.807) is 11.8 Å². The number of rotatable bonds is 3. The highest BCUT2D eigenvalue weighted by Crippen LogP contribution is 2.23. The lowest BCUT2D eigenvalue weighted by atomic mass is 10.2. The summed E-state index contributed by atoms with van der Waals surface area (Å²) in [5, 5.41) is 0. The van der Waals surface area contributed by atoms with Gasteiger partial charge < -0.3 is 10.5 Å². The minimum Gasteiger partial charge on any atom is -0.321 e. The van der Waals surface area contributed by atoms with Gasteiger partial charge in [-0.15, -0.1) is 11.8 Å². The molecule has 11 heavy (non-hydrogen) atoms. The van der Waals surface area contributed by atoms with Crippen LogP contribution in [0.5, 0.6) is 0 Å². The van der Waals surface area contributed by atoms with E-state index in [9.17, 15) is 4.79 Å². The molecule has 0 aromatic heterocycles. The summed E-state index contributed by atoms with van der Waals surface area (Å²) in [5.41, 5.74) is 5.46. The van der Waals surface area contributed by atoms with Crippen molar-refractivity contribution in [1.29, 1.82) is 0 Å². The van der Waals surface area contributed by atoms with Crippen LogP contribution in [0.1, 0.15) is 6.42 Å². The summed E-state index contributed by atoms with van der Waals surface area (Å²) >= 11 is 1.74. The first-order chi connectivity index (χ1) is 5.33. The van der Waals surface area contributed by atoms with Crippen LogP contribution in [-0.2, 0) is 4.79 Å². The molecular weight excluding hydrogens is 158 g/mol. The van der Waals surface area contributed by atoms with Gasteiger partial charge in [-0.05, 0) is 4.91 Å². The molecule has 60 valence electrons. The van der Waals surface area contributed by atoms with E-state index < -0.39 is 0 Å². The van der Waals surface area contributed by atoms with Crippen molar-refractivity contribution in [1.82, 2.24) is 0 Å². The average Bonchev–Trinajstić information content (AvgIpc) is 2.06. The maximum absolute atomic E-state index is 10.2. The number of allylic oxidation sites excluding steroid dienone is 2. The Morgan fingerprint density at radius 1 is 1.82 bits per heavy atom. The first-order valence-corrected chi connectivity index (χ1v) is 4.51. The van der Waals surface area contributed by atoms with E-state index in [-0.39, 0.29) is 6.04 Å². The van der Waals surface area contributed by atoms with Crippen molar-refractivity contribution in [2.45, 2.75) is 12.5 Å². The van der Waals surface area contributed by atoms with Gasteiger partial charge in [0.15, 0.2) is 0 Å². The summed E-state index contributed by atoms with van der Waals surface area (Å²) in [5.74, 6) is 0.997. The summed E-state index contributed by atoms with van der Waals surface area (Å²) in [7, 11) is 0. The Kier molecular flexibility index (Phi) is 3.39. The van der Waals surface area contributed by atoms with Crippen LogP contribution in [0.2, 0.25) is 0 Å². The molecule has 1 heterocycles. The lowest BCUT2D eigenvalue weighted by Crippen LogP contribution is -2.21. The topological polar surface area (TPSA) is 43.1 Å². The van der Waals surface area contributed by atoms with Crippen LogP contribution in [0.15, 0.2) is 23.1 Å². The fourth-order valence-electron chi connectivity index (χ4n) is 0.842. The molecular formula is C8H11NOS. The van der Waals surface area contributed by atoms with Gasteiger partial charge in [0.2, 0.25) is 0 Å². The Morgan fingerprint density at radius 2 is 2.64 bits per heavy atom. The van der Waals surface area contributed by atoms with Crippen molar-refractivity contribution in [2.75, 3.05) is 5.75 Å². The molecule has 1 aliphatic heterocycles. The van der Waals surface area contributed by atoms with Crippen molar-refractivity contribution in [3.05, 3.63) is 23.1 Å². The lowest BCUT2D eigenvalue weighted by molar-refractivity contribution is -0.108. The van der Waals surface area contributed by atoms with Gasteiger partial charge in [-0.2, -0.15) is 0 Å². The third kappa shape index (κ3) is 2.91. The maximum atomic E-state index is 10.2.